The number of esters is 1. The number of carbonyl (C=O) groups excluding carboxylic acids is 1. The van der Waals surface area contributed by atoms with Crippen molar-refractivity contribution in [3.05, 3.63) is 71.2 Å². The van der Waals surface area contributed by atoms with E-state index in [-0.39, 0.29) is 13.2 Å². The molecule has 2 N–H and O–H groups in total. The number of carbonyl (C=O) groups is 1. The molecule has 3 nitrogen and oxygen atoms in total. The van der Waals surface area contributed by atoms with Gasteiger partial charge in [-0.1, -0.05) is 48.0 Å². The van der Waals surface area contributed by atoms with Gasteiger partial charge >= 0.3 is 5.97 Å². The summed E-state index contributed by atoms with van der Waals surface area (Å²) in [5.74, 6) is -0.400. The van der Waals surface area contributed by atoms with Crippen LogP contribution in [-0.4, -0.2) is 12.5 Å². The lowest BCUT2D eigenvalue weighted by molar-refractivity contribution is -0.143. The average molecular weight is 358 g/mol. The van der Waals surface area contributed by atoms with Gasteiger partial charge in [-0.3, -0.25) is 4.79 Å². The molecule has 3 rings (SSSR count). The summed E-state index contributed by atoms with van der Waals surface area (Å²) in [5.41, 5.74) is 8.39. The van der Waals surface area contributed by atoms with E-state index in [1.165, 1.54) is 9.75 Å². The third kappa shape index (κ3) is 4.03. The molecular weight excluding hydrogens is 342 g/mol. The van der Waals surface area contributed by atoms with Gasteiger partial charge in [0.05, 0.1) is 6.54 Å². The quantitative estimate of drug-likeness (QED) is 0.671. The fourth-order valence-electron chi connectivity index (χ4n) is 2.28. The van der Waals surface area contributed by atoms with Crippen LogP contribution in [0.2, 0.25) is 5.02 Å². The van der Waals surface area contributed by atoms with Crippen LogP contribution in [0.4, 0.5) is 0 Å². The minimum atomic E-state index is -0.400. The lowest BCUT2D eigenvalue weighted by Crippen LogP contribution is -2.16. The highest BCUT2D eigenvalue weighted by Gasteiger charge is 2.06. The Morgan fingerprint density at radius 2 is 1.71 bits per heavy atom. The van der Waals surface area contributed by atoms with Crippen LogP contribution < -0.4 is 5.73 Å². The maximum Gasteiger partial charge on any atom is 0.320 e. The van der Waals surface area contributed by atoms with E-state index in [4.69, 9.17) is 22.1 Å². The van der Waals surface area contributed by atoms with Crippen molar-refractivity contribution < 1.29 is 9.53 Å². The number of benzene rings is 2. The number of hydrogen-bond donors (Lipinski definition) is 1. The van der Waals surface area contributed by atoms with E-state index in [2.05, 4.69) is 18.2 Å². The number of halogens is 1. The summed E-state index contributed by atoms with van der Waals surface area (Å²) in [6, 6.07) is 20.0. The van der Waals surface area contributed by atoms with Crippen LogP contribution in [0, 0.1) is 0 Å². The molecule has 0 bridgehead atoms. The summed E-state index contributed by atoms with van der Waals surface area (Å²) in [4.78, 5) is 13.4. The molecule has 2 aromatic carbocycles. The minimum Gasteiger partial charge on any atom is -0.460 e. The van der Waals surface area contributed by atoms with Crippen molar-refractivity contribution in [2.24, 2.45) is 5.73 Å². The van der Waals surface area contributed by atoms with E-state index < -0.39 is 5.97 Å². The molecule has 0 fully saturated rings. The highest BCUT2D eigenvalue weighted by molar-refractivity contribution is 7.18. The molecule has 3 aromatic rings. The highest BCUT2D eigenvalue weighted by atomic mass is 35.5. The molecule has 0 atom stereocenters. The summed E-state index contributed by atoms with van der Waals surface area (Å²) in [7, 11) is 0. The van der Waals surface area contributed by atoms with Crippen molar-refractivity contribution in [2.75, 3.05) is 6.54 Å². The van der Waals surface area contributed by atoms with Crippen molar-refractivity contribution in [3.63, 3.8) is 0 Å². The van der Waals surface area contributed by atoms with Gasteiger partial charge in [-0.25, -0.2) is 0 Å². The number of nitrogens with two attached hydrogens (primary N) is 1. The van der Waals surface area contributed by atoms with Gasteiger partial charge in [0.1, 0.15) is 6.61 Å². The number of rotatable bonds is 5. The normalized spacial score (nSPS) is 10.6. The predicted octanol–water partition coefficient (Wildman–Crippen LogP) is 4.74. The minimum absolute atomic E-state index is 0.0977. The average Bonchev–Trinajstić information content (AvgIpc) is 3.10. The highest BCUT2D eigenvalue weighted by Crippen LogP contribution is 2.35. The smallest absolute Gasteiger partial charge is 0.320 e. The van der Waals surface area contributed by atoms with E-state index in [1.54, 1.807) is 11.3 Å². The molecule has 0 aliphatic heterocycles. The van der Waals surface area contributed by atoms with Gasteiger partial charge in [0.25, 0.3) is 0 Å². The Hall–Kier alpha value is -2.14. The van der Waals surface area contributed by atoms with E-state index in [0.29, 0.717) is 0 Å². The number of hydrogen-bond acceptors (Lipinski definition) is 4. The molecule has 0 saturated carbocycles. The Labute approximate surface area is 149 Å². The zero-order valence-corrected chi connectivity index (χ0v) is 14.4. The topological polar surface area (TPSA) is 52.3 Å². The van der Waals surface area contributed by atoms with Crippen molar-refractivity contribution in [1.82, 2.24) is 0 Å². The maximum absolute atomic E-state index is 11.1. The maximum atomic E-state index is 11.1. The van der Waals surface area contributed by atoms with Gasteiger partial charge in [-0.05, 0) is 41.0 Å². The molecule has 0 aliphatic carbocycles. The van der Waals surface area contributed by atoms with Crippen LogP contribution in [-0.2, 0) is 16.1 Å². The SMILES string of the molecule is NCC(=O)OCc1ccc(-c2ccc(-c3cccc(Cl)c3)s2)cc1. The van der Waals surface area contributed by atoms with Crippen LogP contribution in [0.5, 0.6) is 0 Å². The van der Waals surface area contributed by atoms with Crippen molar-refractivity contribution >= 4 is 28.9 Å². The molecule has 24 heavy (non-hydrogen) atoms. The molecule has 0 amide bonds. The monoisotopic (exact) mass is 357 g/mol. The van der Waals surface area contributed by atoms with Crippen LogP contribution >= 0.6 is 22.9 Å². The van der Waals surface area contributed by atoms with Crippen LogP contribution in [0.1, 0.15) is 5.56 Å². The van der Waals surface area contributed by atoms with Crippen molar-refractivity contribution in [3.8, 4) is 20.9 Å². The lowest BCUT2D eigenvalue weighted by Gasteiger charge is -2.04. The van der Waals surface area contributed by atoms with Crippen molar-refractivity contribution in [2.45, 2.75) is 6.61 Å². The number of thiophene rings is 1. The van der Waals surface area contributed by atoms with Gasteiger partial charge in [-0.15, -0.1) is 11.3 Å². The van der Waals surface area contributed by atoms with Crippen LogP contribution in [0.15, 0.2) is 60.7 Å². The Kier molecular flexibility index (Phi) is 5.30. The molecule has 122 valence electrons. The third-order valence-corrected chi connectivity index (χ3v) is 4.94. The van der Waals surface area contributed by atoms with Gasteiger partial charge in [0, 0.05) is 14.8 Å². The summed E-state index contributed by atoms with van der Waals surface area (Å²) in [5, 5.41) is 0.735. The molecule has 0 aliphatic rings. The molecule has 0 saturated heterocycles. The first-order chi connectivity index (χ1) is 11.7. The predicted molar refractivity (Wildman–Crippen MR) is 99.1 cm³/mol. The molecule has 5 heteroatoms. The zero-order valence-electron chi connectivity index (χ0n) is 12.9. The molecular formula is C19H16ClNO2S. The van der Waals surface area contributed by atoms with E-state index >= 15 is 0 Å². The second kappa shape index (κ2) is 7.62. The summed E-state index contributed by atoms with van der Waals surface area (Å²) >= 11 is 7.77. The Bertz CT molecular complexity index is 843. The first-order valence-corrected chi connectivity index (χ1v) is 8.66. The van der Waals surface area contributed by atoms with E-state index in [9.17, 15) is 4.79 Å². The fourth-order valence-corrected chi connectivity index (χ4v) is 3.48. The van der Waals surface area contributed by atoms with Gasteiger partial charge in [-0.2, -0.15) is 0 Å². The van der Waals surface area contributed by atoms with Crippen LogP contribution in [0.3, 0.4) is 0 Å². The molecule has 0 radical (unpaired) electrons. The Morgan fingerprint density at radius 3 is 2.38 bits per heavy atom. The largest absolute Gasteiger partial charge is 0.460 e. The van der Waals surface area contributed by atoms with E-state index in [0.717, 1.165) is 21.7 Å². The van der Waals surface area contributed by atoms with Gasteiger partial charge in [0.15, 0.2) is 0 Å². The Balaban J connectivity index is 1.74. The third-order valence-electron chi connectivity index (χ3n) is 3.52. The first-order valence-electron chi connectivity index (χ1n) is 7.46. The molecule has 0 unspecified atom stereocenters. The Morgan fingerprint density at radius 1 is 1.00 bits per heavy atom. The fraction of sp³-hybridized carbons (Fsp3) is 0.105. The van der Waals surface area contributed by atoms with Crippen molar-refractivity contribution in [1.29, 1.82) is 0 Å². The summed E-state index contributed by atoms with van der Waals surface area (Å²) in [6.07, 6.45) is 0. The standard InChI is InChI=1S/C19H16ClNO2S/c20-16-3-1-2-15(10-16)18-9-8-17(24-18)14-6-4-13(5-7-14)12-23-19(22)11-21/h1-10H,11-12,21H2. The molecule has 1 heterocycles. The van der Waals surface area contributed by atoms with E-state index in [1.807, 2.05) is 42.5 Å². The second-order valence-corrected chi connectivity index (χ2v) is 6.76. The first kappa shape index (κ1) is 16.7. The lowest BCUT2D eigenvalue weighted by atomic mass is 10.1. The molecule has 1 aromatic heterocycles. The number of ether oxygens (including phenoxy) is 1. The van der Waals surface area contributed by atoms with Gasteiger partial charge < -0.3 is 10.5 Å². The summed E-state index contributed by atoms with van der Waals surface area (Å²) in [6.45, 7) is 0.147. The van der Waals surface area contributed by atoms with Crippen LogP contribution in [0.25, 0.3) is 20.9 Å². The molecule has 0 spiro atoms. The summed E-state index contributed by atoms with van der Waals surface area (Å²) < 4.78 is 5.02. The van der Waals surface area contributed by atoms with Gasteiger partial charge in [0.2, 0.25) is 0 Å². The second-order valence-electron chi connectivity index (χ2n) is 5.24. The zero-order chi connectivity index (χ0) is 16.9.